The maximum absolute atomic E-state index is 9.10. The van der Waals surface area contributed by atoms with Crippen LogP contribution in [0, 0.1) is 5.41 Å². The molecule has 2 heteroatoms. The van der Waals surface area contributed by atoms with Gasteiger partial charge in [0.05, 0.1) is 6.10 Å². The third-order valence-electron chi connectivity index (χ3n) is 3.82. The zero-order valence-electron chi connectivity index (χ0n) is 8.30. The first-order valence-electron chi connectivity index (χ1n) is 5.60. The lowest BCUT2D eigenvalue weighted by Gasteiger charge is -2.34. The van der Waals surface area contributed by atoms with Crippen LogP contribution >= 0.6 is 0 Å². The van der Waals surface area contributed by atoms with Gasteiger partial charge in [0, 0.05) is 13.2 Å². The summed E-state index contributed by atoms with van der Waals surface area (Å²) in [4.78, 5) is 0. The molecule has 1 saturated carbocycles. The Kier molecular flexibility index (Phi) is 2.89. The zero-order valence-corrected chi connectivity index (χ0v) is 8.30. The van der Waals surface area contributed by atoms with E-state index in [4.69, 9.17) is 9.84 Å². The molecule has 1 unspecified atom stereocenters. The highest BCUT2D eigenvalue weighted by Gasteiger charge is 2.42. The van der Waals surface area contributed by atoms with Crippen LogP contribution in [-0.2, 0) is 4.74 Å². The minimum absolute atomic E-state index is 0.333. The van der Waals surface area contributed by atoms with Crippen LogP contribution in [0.2, 0.25) is 0 Å². The van der Waals surface area contributed by atoms with E-state index in [1.165, 1.54) is 38.5 Å². The van der Waals surface area contributed by atoms with E-state index in [2.05, 4.69) is 0 Å². The molecule has 1 aliphatic heterocycles. The molecule has 0 aromatic rings. The standard InChI is InChI=1S/C11H20O2/c12-8-7-11(5-1-2-6-11)10-4-3-9-13-10/h10,12H,1-9H2. The average Bonchev–Trinajstić information content (AvgIpc) is 2.73. The van der Waals surface area contributed by atoms with Crippen LogP contribution in [0.1, 0.15) is 44.9 Å². The largest absolute Gasteiger partial charge is 0.396 e. The average molecular weight is 184 g/mol. The first kappa shape index (κ1) is 9.47. The summed E-state index contributed by atoms with van der Waals surface area (Å²) >= 11 is 0. The van der Waals surface area contributed by atoms with Crippen molar-refractivity contribution in [3.05, 3.63) is 0 Å². The van der Waals surface area contributed by atoms with Gasteiger partial charge in [-0.25, -0.2) is 0 Å². The second-order valence-corrected chi connectivity index (χ2v) is 4.54. The summed E-state index contributed by atoms with van der Waals surface area (Å²) < 4.78 is 5.78. The van der Waals surface area contributed by atoms with Crippen molar-refractivity contribution >= 4 is 0 Å². The number of aliphatic hydroxyl groups is 1. The second kappa shape index (κ2) is 3.97. The van der Waals surface area contributed by atoms with Gasteiger partial charge in [-0.15, -0.1) is 0 Å². The minimum atomic E-state index is 0.333. The molecule has 0 spiro atoms. The van der Waals surface area contributed by atoms with Crippen LogP contribution in [-0.4, -0.2) is 24.4 Å². The maximum Gasteiger partial charge on any atom is 0.0633 e. The molecule has 0 amide bonds. The van der Waals surface area contributed by atoms with Crippen LogP contribution in [0.5, 0.6) is 0 Å². The molecule has 2 nitrogen and oxygen atoms in total. The quantitative estimate of drug-likeness (QED) is 0.728. The van der Waals surface area contributed by atoms with E-state index in [9.17, 15) is 0 Å². The number of hydrogen-bond donors (Lipinski definition) is 1. The van der Waals surface area contributed by atoms with Crippen molar-refractivity contribution in [2.24, 2.45) is 5.41 Å². The van der Waals surface area contributed by atoms with Crippen LogP contribution in [0.15, 0.2) is 0 Å². The van der Waals surface area contributed by atoms with Gasteiger partial charge in [-0.3, -0.25) is 0 Å². The summed E-state index contributed by atoms with van der Waals surface area (Å²) in [6.45, 7) is 1.28. The van der Waals surface area contributed by atoms with Crippen LogP contribution < -0.4 is 0 Å². The molecule has 1 atom stereocenters. The van der Waals surface area contributed by atoms with E-state index in [1.54, 1.807) is 0 Å². The lowest BCUT2D eigenvalue weighted by Crippen LogP contribution is -2.33. The van der Waals surface area contributed by atoms with Gasteiger partial charge in [0.1, 0.15) is 0 Å². The summed E-state index contributed by atoms with van der Waals surface area (Å²) in [6, 6.07) is 0. The van der Waals surface area contributed by atoms with Crippen molar-refractivity contribution in [1.29, 1.82) is 0 Å². The van der Waals surface area contributed by atoms with Crippen molar-refractivity contribution in [1.82, 2.24) is 0 Å². The SMILES string of the molecule is OCCC1(C2CCCO2)CCCC1. The molecular weight excluding hydrogens is 164 g/mol. The van der Waals surface area contributed by atoms with E-state index < -0.39 is 0 Å². The number of rotatable bonds is 3. The van der Waals surface area contributed by atoms with Crippen LogP contribution in [0.25, 0.3) is 0 Å². The highest BCUT2D eigenvalue weighted by Crippen LogP contribution is 2.47. The molecule has 76 valence electrons. The Morgan fingerprint density at radius 2 is 2.00 bits per heavy atom. The zero-order chi connectivity index (χ0) is 9.15. The minimum Gasteiger partial charge on any atom is -0.396 e. The molecule has 1 heterocycles. The van der Waals surface area contributed by atoms with Crippen LogP contribution in [0.4, 0.5) is 0 Å². The van der Waals surface area contributed by atoms with Crippen molar-refractivity contribution in [3.8, 4) is 0 Å². The first-order valence-corrected chi connectivity index (χ1v) is 5.60. The molecule has 2 aliphatic rings. The summed E-state index contributed by atoms with van der Waals surface area (Å²) in [5.41, 5.74) is 0.352. The Hall–Kier alpha value is -0.0800. The summed E-state index contributed by atoms with van der Waals surface area (Å²) in [5, 5.41) is 9.10. The third kappa shape index (κ3) is 1.75. The van der Waals surface area contributed by atoms with Gasteiger partial charge in [0.25, 0.3) is 0 Å². The third-order valence-corrected chi connectivity index (χ3v) is 3.82. The van der Waals surface area contributed by atoms with Crippen molar-refractivity contribution < 1.29 is 9.84 Å². The summed E-state index contributed by atoms with van der Waals surface area (Å²) in [6.07, 6.45) is 9.08. The van der Waals surface area contributed by atoms with E-state index >= 15 is 0 Å². The maximum atomic E-state index is 9.10. The van der Waals surface area contributed by atoms with E-state index in [1.807, 2.05) is 0 Å². The van der Waals surface area contributed by atoms with Gasteiger partial charge in [0.2, 0.25) is 0 Å². The normalized spacial score (nSPS) is 32.5. The van der Waals surface area contributed by atoms with Gasteiger partial charge >= 0.3 is 0 Å². The summed E-state index contributed by atoms with van der Waals surface area (Å²) in [7, 11) is 0. The first-order chi connectivity index (χ1) is 6.37. The highest BCUT2D eigenvalue weighted by molar-refractivity contribution is 4.93. The fourth-order valence-corrected chi connectivity index (χ4v) is 3.10. The van der Waals surface area contributed by atoms with Crippen molar-refractivity contribution in [2.45, 2.75) is 51.0 Å². The molecule has 1 N–H and O–H groups in total. The monoisotopic (exact) mass is 184 g/mol. The Labute approximate surface area is 80.3 Å². The van der Waals surface area contributed by atoms with Gasteiger partial charge in [-0.05, 0) is 37.5 Å². The molecular formula is C11H20O2. The van der Waals surface area contributed by atoms with E-state index in [0.717, 1.165) is 13.0 Å². The molecule has 0 radical (unpaired) electrons. The topological polar surface area (TPSA) is 29.5 Å². The fourth-order valence-electron chi connectivity index (χ4n) is 3.10. The second-order valence-electron chi connectivity index (χ2n) is 4.54. The Bertz CT molecular complexity index is 155. The number of hydrogen-bond acceptors (Lipinski definition) is 2. The molecule has 0 aromatic carbocycles. The van der Waals surface area contributed by atoms with Gasteiger partial charge in [0.15, 0.2) is 0 Å². The molecule has 0 bridgehead atoms. The van der Waals surface area contributed by atoms with Crippen LogP contribution in [0.3, 0.4) is 0 Å². The smallest absolute Gasteiger partial charge is 0.0633 e. The number of ether oxygens (including phenoxy) is 1. The van der Waals surface area contributed by atoms with E-state index in [-0.39, 0.29) is 0 Å². The Morgan fingerprint density at radius 3 is 2.54 bits per heavy atom. The highest BCUT2D eigenvalue weighted by atomic mass is 16.5. The van der Waals surface area contributed by atoms with Gasteiger partial charge < -0.3 is 9.84 Å². The molecule has 13 heavy (non-hydrogen) atoms. The van der Waals surface area contributed by atoms with Gasteiger partial charge in [-0.2, -0.15) is 0 Å². The lowest BCUT2D eigenvalue weighted by atomic mass is 9.76. The Morgan fingerprint density at radius 1 is 1.23 bits per heavy atom. The van der Waals surface area contributed by atoms with Crippen molar-refractivity contribution in [2.75, 3.05) is 13.2 Å². The Balaban J connectivity index is 2.02. The van der Waals surface area contributed by atoms with Crippen molar-refractivity contribution in [3.63, 3.8) is 0 Å². The molecule has 1 saturated heterocycles. The fraction of sp³-hybridized carbons (Fsp3) is 1.00. The molecule has 2 rings (SSSR count). The lowest BCUT2D eigenvalue weighted by molar-refractivity contribution is -0.0119. The molecule has 0 aromatic heterocycles. The molecule has 1 aliphatic carbocycles. The van der Waals surface area contributed by atoms with E-state index in [0.29, 0.717) is 18.1 Å². The number of aliphatic hydroxyl groups excluding tert-OH is 1. The predicted molar refractivity (Wildman–Crippen MR) is 51.6 cm³/mol. The molecule has 2 fully saturated rings. The predicted octanol–water partition coefficient (Wildman–Crippen LogP) is 2.11. The summed E-state index contributed by atoms with van der Waals surface area (Å²) in [5.74, 6) is 0. The van der Waals surface area contributed by atoms with Gasteiger partial charge in [-0.1, -0.05) is 12.8 Å².